The molecule has 0 amide bonds. The second-order valence-corrected chi connectivity index (χ2v) is 9.42. The summed E-state index contributed by atoms with van der Waals surface area (Å²) in [6.45, 7) is 5.36. The first-order valence-electron chi connectivity index (χ1n) is 9.51. The van der Waals surface area contributed by atoms with E-state index in [0.717, 1.165) is 43.7 Å². The zero-order valence-electron chi connectivity index (χ0n) is 15.7. The highest BCUT2D eigenvalue weighted by molar-refractivity contribution is 7.91. The van der Waals surface area contributed by atoms with Crippen molar-refractivity contribution in [1.82, 2.24) is 4.90 Å². The van der Waals surface area contributed by atoms with Crippen LogP contribution in [0.4, 0.5) is 10.1 Å². The predicted molar refractivity (Wildman–Crippen MR) is 105 cm³/mol. The van der Waals surface area contributed by atoms with E-state index in [0.29, 0.717) is 16.9 Å². The van der Waals surface area contributed by atoms with E-state index in [-0.39, 0.29) is 4.90 Å². The van der Waals surface area contributed by atoms with Crippen LogP contribution in [-0.4, -0.2) is 46.0 Å². The molecule has 0 N–H and O–H groups in total. The van der Waals surface area contributed by atoms with Gasteiger partial charge in [0.15, 0.2) is 0 Å². The lowest BCUT2D eigenvalue weighted by Crippen LogP contribution is -2.31. The molecule has 1 fully saturated rings. The third-order valence-corrected chi connectivity index (χ3v) is 7.89. The van der Waals surface area contributed by atoms with Gasteiger partial charge in [0.1, 0.15) is 5.82 Å². The van der Waals surface area contributed by atoms with Gasteiger partial charge in [-0.1, -0.05) is 6.92 Å². The molecule has 144 valence electrons. The zero-order valence-corrected chi connectivity index (χ0v) is 16.5. The van der Waals surface area contributed by atoms with Crippen molar-refractivity contribution in [3.05, 3.63) is 53.8 Å². The van der Waals surface area contributed by atoms with Gasteiger partial charge in [0.25, 0.3) is 0 Å². The lowest BCUT2D eigenvalue weighted by Gasteiger charge is -2.25. The van der Waals surface area contributed by atoms with Crippen molar-refractivity contribution in [1.29, 1.82) is 0 Å². The van der Waals surface area contributed by atoms with Crippen molar-refractivity contribution in [3.63, 3.8) is 0 Å². The summed E-state index contributed by atoms with van der Waals surface area (Å²) in [5.41, 5.74) is 2.26. The molecular formula is C21H25FN2O2S. The van der Waals surface area contributed by atoms with Gasteiger partial charge in [-0.2, -0.15) is 0 Å². The number of hydrogen-bond acceptors (Lipinski definition) is 4. The van der Waals surface area contributed by atoms with Crippen molar-refractivity contribution in [2.45, 2.75) is 41.5 Å². The van der Waals surface area contributed by atoms with Crippen molar-refractivity contribution in [2.75, 3.05) is 31.6 Å². The number of sulfone groups is 1. The molecule has 0 spiro atoms. The maximum absolute atomic E-state index is 13.2. The molecule has 2 aliphatic rings. The minimum atomic E-state index is -3.65. The van der Waals surface area contributed by atoms with E-state index in [1.165, 1.54) is 24.3 Å². The van der Waals surface area contributed by atoms with Crippen molar-refractivity contribution < 1.29 is 12.8 Å². The Labute approximate surface area is 160 Å². The normalized spacial score (nSPS) is 23.0. The Morgan fingerprint density at radius 1 is 1.04 bits per heavy atom. The molecule has 6 heteroatoms. The molecule has 27 heavy (non-hydrogen) atoms. The topological polar surface area (TPSA) is 40.6 Å². The van der Waals surface area contributed by atoms with E-state index in [1.807, 2.05) is 12.1 Å². The highest BCUT2D eigenvalue weighted by Crippen LogP contribution is 2.45. The van der Waals surface area contributed by atoms with Gasteiger partial charge in [0.2, 0.25) is 9.84 Å². The Kier molecular flexibility index (Phi) is 4.72. The Balaban J connectivity index is 1.72. The molecule has 2 aromatic carbocycles. The Morgan fingerprint density at radius 2 is 1.70 bits per heavy atom. The van der Waals surface area contributed by atoms with E-state index >= 15 is 0 Å². The Hall–Kier alpha value is -1.92. The fourth-order valence-electron chi connectivity index (χ4n) is 4.53. The third-order valence-electron chi connectivity index (χ3n) is 6.12. The van der Waals surface area contributed by atoms with Gasteiger partial charge in [-0.05, 0) is 74.0 Å². The number of rotatable bonds is 3. The number of nitrogens with zero attached hydrogens (tertiary/aromatic N) is 2. The number of likely N-dealkylation sites (tertiary alicyclic amines) is 1. The quantitative estimate of drug-likeness (QED) is 0.752. The molecule has 0 saturated carbocycles. The maximum atomic E-state index is 13.2. The largest absolute Gasteiger partial charge is 0.371 e. The van der Waals surface area contributed by atoms with Crippen LogP contribution in [0.25, 0.3) is 0 Å². The number of anilines is 1. The zero-order chi connectivity index (χ0) is 19.2. The van der Waals surface area contributed by atoms with E-state index in [9.17, 15) is 12.8 Å². The summed E-state index contributed by atoms with van der Waals surface area (Å²) >= 11 is 0. The first-order chi connectivity index (χ1) is 12.9. The molecule has 0 aromatic heterocycles. The van der Waals surface area contributed by atoms with Gasteiger partial charge < -0.3 is 9.80 Å². The van der Waals surface area contributed by atoms with Crippen LogP contribution in [-0.2, 0) is 9.84 Å². The van der Waals surface area contributed by atoms with E-state index in [4.69, 9.17) is 0 Å². The smallest absolute Gasteiger partial charge is 0.206 e. The maximum Gasteiger partial charge on any atom is 0.206 e. The molecule has 0 aliphatic carbocycles. The average molecular weight is 389 g/mol. The van der Waals surface area contributed by atoms with Crippen LogP contribution in [0.15, 0.2) is 52.3 Å². The molecule has 0 radical (unpaired) electrons. The highest BCUT2D eigenvalue weighted by atomic mass is 32.2. The van der Waals surface area contributed by atoms with E-state index in [1.54, 1.807) is 6.07 Å². The minimum Gasteiger partial charge on any atom is -0.371 e. The molecule has 1 unspecified atom stereocenters. The average Bonchev–Trinajstić information content (AvgIpc) is 2.82. The van der Waals surface area contributed by atoms with Crippen molar-refractivity contribution in [2.24, 2.45) is 0 Å². The Bertz CT molecular complexity index is 943. The third kappa shape index (κ3) is 3.15. The second-order valence-electron chi connectivity index (χ2n) is 7.47. The Morgan fingerprint density at radius 3 is 2.41 bits per heavy atom. The molecule has 0 bridgehead atoms. The van der Waals surface area contributed by atoms with Crippen LogP contribution in [0.2, 0.25) is 0 Å². The number of benzene rings is 2. The molecule has 2 aliphatic heterocycles. The number of hydrogen-bond donors (Lipinski definition) is 0. The van der Waals surface area contributed by atoms with Crippen LogP contribution in [0.3, 0.4) is 0 Å². The molecule has 2 aromatic rings. The molecule has 4 rings (SSSR count). The first kappa shape index (κ1) is 18.4. The van der Waals surface area contributed by atoms with Crippen molar-refractivity contribution in [3.8, 4) is 0 Å². The van der Waals surface area contributed by atoms with Gasteiger partial charge >= 0.3 is 0 Å². The monoisotopic (exact) mass is 388 g/mol. The summed E-state index contributed by atoms with van der Waals surface area (Å²) in [6, 6.07) is 10.9. The highest BCUT2D eigenvalue weighted by Gasteiger charge is 2.38. The SMILES string of the molecule is CCN1CCC2[C@@H](CC1)c1cc(S(=O)(=O)c3ccc(F)cc3)ccc1N2C. The fraction of sp³-hybridized carbons (Fsp3) is 0.429. The fourth-order valence-corrected chi connectivity index (χ4v) is 5.83. The van der Waals surface area contributed by atoms with Crippen LogP contribution < -0.4 is 4.90 Å². The summed E-state index contributed by atoms with van der Waals surface area (Å²) < 4.78 is 39.2. The van der Waals surface area contributed by atoms with E-state index in [2.05, 4.69) is 23.8 Å². The number of likely N-dealkylation sites (N-methyl/N-ethyl adjacent to an activating group) is 1. The standard InChI is InChI=1S/C21H25FN2O2S/c1-3-24-12-10-18-19-14-17(8-9-20(19)23(2)21(18)11-13-24)27(25,26)16-6-4-15(22)5-7-16/h4-9,14,18,21H,3,10-13H2,1-2H3/t18-,21?/m0/s1. The molecular weight excluding hydrogens is 363 g/mol. The lowest BCUT2D eigenvalue weighted by molar-refractivity contribution is 0.298. The second kappa shape index (κ2) is 6.91. The molecule has 2 heterocycles. The van der Waals surface area contributed by atoms with Crippen LogP contribution in [0.5, 0.6) is 0 Å². The summed E-state index contributed by atoms with van der Waals surface area (Å²) in [5.74, 6) is -0.0868. The molecule has 4 nitrogen and oxygen atoms in total. The van der Waals surface area contributed by atoms with Crippen LogP contribution in [0, 0.1) is 5.82 Å². The summed E-state index contributed by atoms with van der Waals surface area (Å²) in [6.07, 6.45) is 2.12. The van der Waals surface area contributed by atoms with Crippen molar-refractivity contribution >= 4 is 15.5 Å². The molecule has 1 saturated heterocycles. The predicted octanol–water partition coefficient (Wildman–Crippen LogP) is 3.68. The summed E-state index contributed by atoms with van der Waals surface area (Å²) in [7, 11) is -1.54. The first-order valence-corrected chi connectivity index (χ1v) is 11.0. The lowest BCUT2D eigenvalue weighted by atomic mass is 9.91. The summed E-state index contributed by atoms with van der Waals surface area (Å²) in [5, 5.41) is 0. The molecule has 2 atom stereocenters. The summed E-state index contributed by atoms with van der Waals surface area (Å²) in [4.78, 5) is 5.20. The van der Waals surface area contributed by atoms with Gasteiger partial charge in [-0.3, -0.25) is 0 Å². The van der Waals surface area contributed by atoms with Gasteiger partial charge in [0, 0.05) is 31.2 Å². The minimum absolute atomic E-state index is 0.129. The van der Waals surface area contributed by atoms with Gasteiger partial charge in [-0.15, -0.1) is 0 Å². The van der Waals surface area contributed by atoms with Crippen LogP contribution >= 0.6 is 0 Å². The van der Waals surface area contributed by atoms with Gasteiger partial charge in [-0.25, -0.2) is 12.8 Å². The number of halogens is 1. The van der Waals surface area contributed by atoms with Gasteiger partial charge in [0.05, 0.1) is 9.79 Å². The number of fused-ring (bicyclic) bond motifs is 3. The van der Waals surface area contributed by atoms with E-state index < -0.39 is 15.7 Å². The van der Waals surface area contributed by atoms with Crippen LogP contribution in [0.1, 0.15) is 31.2 Å².